The van der Waals surface area contributed by atoms with Gasteiger partial charge in [-0.2, -0.15) is 5.10 Å². The minimum absolute atomic E-state index is 0.113. The van der Waals surface area contributed by atoms with Gasteiger partial charge >= 0.3 is 0 Å². The third kappa shape index (κ3) is 1.44. The first-order valence-corrected chi connectivity index (χ1v) is 4.71. The molecule has 14 heavy (non-hydrogen) atoms. The molecule has 0 fully saturated rings. The van der Waals surface area contributed by atoms with Crippen LogP contribution in [0.4, 0.5) is 0 Å². The average molecular weight is 258 g/mol. The number of hydrogen-bond donors (Lipinski definition) is 1. The zero-order chi connectivity index (χ0) is 10.1. The van der Waals surface area contributed by atoms with Crippen LogP contribution in [0.1, 0.15) is 5.69 Å². The summed E-state index contributed by atoms with van der Waals surface area (Å²) < 4.78 is 4.05. The fraction of sp³-hybridized carbons (Fsp3) is 0.286. The molecule has 0 aliphatic heterocycles. The molecule has 0 aliphatic carbocycles. The van der Waals surface area contributed by atoms with Crippen molar-refractivity contribution in [3.63, 3.8) is 0 Å². The van der Waals surface area contributed by atoms with Crippen LogP contribution < -0.4 is 0 Å². The first-order chi connectivity index (χ1) is 6.72. The van der Waals surface area contributed by atoms with Gasteiger partial charge in [0.2, 0.25) is 0 Å². The van der Waals surface area contributed by atoms with E-state index in [1.165, 1.54) is 0 Å². The van der Waals surface area contributed by atoms with Gasteiger partial charge in [0.25, 0.3) is 0 Å². The van der Waals surface area contributed by atoms with Crippen molar-refractivity contribution in [2.45, 2.75) is 6.61 Å². The molecule has 0 unspecified atom stereocenters. The molecule has 74 valence electrons. The van der Waals surface area contributed by atoms with E-state index in [0.717, 1.165) is 10.3 Å². The summed E-state index contributed by atoms with van der Waals surface area (Å²) in [7, 11) is 1.82. The predicted molar refractivity (Wildman–Crippen MR) is 51.7 cm³/mol. The van der Waals surface area contributed by atoms with Gasteiger partial charge in [-0.1, -0.05) is 5.21 Å². The van der Waals surface area contributed by atoms with Crippen molar-refractivity contribution >= 4 is 15.9 Å². The molecular formula is C7H8BrN5O. The summed E-state index contributed by atoms with van der Waals surface area (Å²) in [5.74, 6) is 0. The molecule has 0 radical (unpaired) electrons. The standard InChI is InChI=1S/C7H8BrN5O/c1-12-7(8)6(2-9-12)13-3-5(4-14)10-11-13/h2-3,14H,4H2,1H3. The summed E-state index contributed by atoms with van der Waals surface area (Å²) in [4.78, 5) is 0. The van der Waals surface area contributed by atoms with E-state index in [0.29, 0.717) is 5.69 Å². The maximum atomic E-state index is 8.82. The van der Waals surface area contributed by atoms with Crippen LogP contribution in [0.25, 0.3) is 5.69 Å². The highest BCUT2D eigenvalue weighted by atomic mass is 79.9. The van der Waals surface area contributed by atoms with Crippen molar-refractivity contribution in [2.24, 2.45) is 7.05 Å². The van der Waals surface area contributed by atoms with E-state index in [9.17, 15) is 0 Å². The normalized spacial score (nSPS) is 10.8. The molecular weight excluding hydrogens is 250 g/mol. The van der Waals surface area contributed by atoms with Crippen LogP contribution in [0.5, 0.6) is 0 Å². The molecule has 0 saturated carbocycles. The Kier molecular flexibility index (Phi) is 2.34. The molecule has 2 aromatic rings. The molecule has 2 aromatic heterocycles. The Labute approximate surface area is 88.3 Å². The van der Waals surface area contributed by atoms with Crippen molar-refractivity contribution < 1.29 is 5.11 Å². The van der Waals surface area contributed by atoms with E-state index in [1.807, 2.05) is 7.05 Å². The van der Waals surface area contributed by atoms with Crippen molar-refractivity contribution in [1.29, 1.82) is 0 Å². The van der Waals surface area contributed by atoms with Crippen molar-refractivity contribution in [2.75, 3.05) is 0 Å². The van der Waals surface area contributed by atoms with E-state index < -0.39 is 0 Å². The highest BCUT2D eigenvalue weighted by molar-refractivity contribution is 9.10. The number of aliphatic hydroxyl groups is 1. The van der Waals surface area contributed by atoms with E-state index in [-0.39, 0.29) is 6.61 Å². The smallest absolute Gasteiger partial charge is 0.129 e. The fourth-order valence-corrected chi connectivity index (χ4v) is 1.43. The Bertz CT molecular complexity index is 449. The molecule has 0 amide bonds. The Morgan fingerprint density at radius 1 is 1.57 bits per heavy atom. The summed E-state index contributed by atoms with van der Waals surface area (Å²) >= 11 is 3.37. The van der Waals surface area contributed by atoms with E-state index in [1.54, 1.807) is 21.8 Å². The van der Waals surface area contributed by atoms with Gasteiger partial charge in [0.15, 0.2) is 0 Å². The van der Waals surface area contributed by atoms with Crippen molar-refractivity contribution in [1.82, 2.24) is 24.8 Å². The lowest BCUT2D eigenvalue weighted by atomic mass is 10.5. The van der Waals surface area contributed by atoms with Crippen molar-refractivity contribution in [3.8, 4) is 5.69 Å². The zero-order valence-electron chi connectivity index (χ0n) is 7.42. The van der Waals surface area contributed by atoms with E-state index in [4.69, 9.17) is 5.11 Å². The number of aromatic nitrogens is 5. The van der Waals surface area contributed by atoms with Crippen LogP contribution in [0.15, 0.2) is 17.0 Å². The van der Waals surface area contributed by atoms with Gasteiger partial charge in [0.1, 0.15) is 16.0 Å². The van der Waals surface area contributed by atoms with Gasteiger partial charge in [-0.05, 0) is 15.9 Å². The van der Waals surface area contributed by atoms with Crippen LogP contribution in [0, 0.1) is 0 Å². The maximum Gasteiger partial charge on any atom is 0.129 e. The second kappa shape index (κ2) is 3.50. The van der Waals surface area contributed by atoms with E-state index in [2.05, 4.69) is 31.3 Å². The highest BCUT2D eigenvalue weighted by Gasteiger charge is 2.09. The van der Waals surface area contributed by atoms with Gasteiger partial charge in [-0.3, -0.25) is 4.68 Å². The van der Waals surface area contributed by atoms with Gasteiger partial charge in [0.05, 0.1) is 19.0 Å². The molecule has 0 aromatic carbocycles. The third-order valence-electron chi connectivity index (χ3n) is 1.80. The average Bonchev–Trinajstić information content (AvgIpc) is 2.75. The lowest BCUT2D eigenvalue weighted by molar-refractivity contribution is 0.276. The molecule has 2 rings (SSSR count). The third-order valence-corrected chi connectivity index (χ3v) is 2.72. The molecule has 1 N–H and O–H groups in total. The maximum absolute atomic E-state index is 8.82. The number of nitrogens with zero attached hydrogens (tertiary/aromatic N) is 5. The van der Waals surface area contributed by atoms with Crippen LogP contribution in [-0.2, 0) is 13.7 Å². The Morgan fingerprint density at radius 3 is 2.86 bits per heavy atom. The summed E-state index contributed by atoms with van der Waals surface area (Å²) in [6, 6.07) is 0. The molecule has 6 nitrogen and oxygen atoms in total. The van der Waals surface area contributed by atoms with Crippen molar-refractivity contribution in [3.05, 3.63) is 22.7 Å². The number of hydrogen-bond acceptors (Lipinski definition) is 4. The quantitative estimate of drug-likeness (QED) is 0.838. The predicted octanol–water partition coefficient (Wildman–Crippen LogP) is 0.256. The summed E-state index contributed by atoms with van der Waals surface area (Å²) in [6.07, 6.45) is 3.32. The zero-order valence-corrected chi connectivity index (χ0v) is 9.01. The van der Waals surface area contributed by atoms with Gasteiger partial charge in [0, 0.05) is 7.05 Å². The molecule has 0 bridgehead atoms. The Balaban J connectivity index is 2.44. The second-order valence-corrected chi connectivity index (χ2v) is 3.51. The van der Waals surface area contributed by atoms with Crippen LogP contribution in [-0.4, -0.2) is 29.9 Å². The molecule has 7 heteroatoms. The van der Waals surface area contributed by atoms with E-state index >= 15 is 0 Å². The van der Waals surface area contributed by atoms with Crippen LogP contribution >= 0.6 is 15.9 Å². The first-order valence-electron chi connectivity index (χ1n) is 3.92. The molecule has 0 atom stereocenters. The minimum atomic E-state index is -0.113. The molecule has 0 spiro atoms. The summed E-state index contributed by atoms with van der Waals surface area (Å²) in [6.45, 7) is -0.113. The lowest BCUT2D eigenvalue weighted by Crippen LogP contribution is -1.95. The molecule has 2 heterocycles. The van der Waals surface area contributed by atoms with Gasteiger partial charge < -0.3 is 5.11 Å². The lowest BCUT2D eigenvalue weighted by Gasteiger charge is -1.96. The minimum Gasteiger partial charge on any atom is -0.390 e. The summed E-state index contributed by atoms with van der Waals surface area (Å²) in [5.41, 5.74) is 1.32. The van der Waals surface area contributed by atoms with Gasteiger partial charge in [-0.25, -0.2) is 4.68 Å². The largest absolute Gasteiger partial charge is 0.390 e. The number of aryl methyl sites for hydroxylation is 1. The summed E-state index contributed by atoms with van der Waals surface area (Å²) in [5, 5.41) is 20.5. The number of halogens is 1. The highest BCUT2D eigenvalue weighted by Crippen LogP contribution is 2.18. The van der Waals surface area contributed by atoms with Crippen LogP contribution in [0.3, 0.4) is 0 Å². The molecule has 0 saturated heterocycles. The second-order valence-electron chi connectivity index (χ2n) is 2.76. The SMILES string of the molecule is Cn1ncc(-n2cc(CO)nn2)c1Br. The fourth-order valence-electron chi connectivity index (χ4n) is 1.05. The number of rotatable bonds is 2. The Hall–Kier alpha value is -1.21. The van der Waals surface area contributed by atoms with Crippen LogP contribution in [0.2, 0.25) is 0 Å². The van der Waals surface area contributed by atoms with Gasteiger partial charge in [-0.15, -0.1) is 5.10 Å². The monoisotopic (exact) mass is 257 g/mol. The first kappa shape index (κ1) is 9.35. The number of aliphatic hydroxyl groups excluding tert-OH is 1. The Morgan fingerprint density at radius 2 is 2.36 bits per heavy atom. The topological polar surface area (TPSA) is 68.8 Å². The molecule has 0 aliphatic rings.